The molecule has 0 radical (unpaired) electrons. The van der Waals surface area contributed by atoms with E-state index in [4.69, 9.17) is 5.73 Å². The van der Waals surface area contributed by atoms with Gasteiger partial charge in [-0.25, -0.2) is 4.98 Å². The summed E-state index contributed by atoms with van der Waals surface area (Å²) in [6.07, 6.45) is 4.98. The zero-order valence-corrected chi connectivity index (χ0v) is 8.88. The van der Waals surface area contributed by atoms with Crippen molar-refractivity contribution < 1.29 is 0 Å². The molecule has 1 aromatic rings. The van der Waals surface area contributed by atoms with Crippen LogP contribution in [0, 0.1) is 0 Å². The quantitative estimate of drug-likeness (QED) is 0.752. The number of nitrogens with two attached hydrogens (primary N) is 1. The van der Waals surface area contributed by atoms with E-state index in [1.54, 1.807) is 0 Å². The van der Waals surface area contributed by atoms with Crippen LogP contribution in [0.15, 0.2) is 0 Å². The number of aromatic amines is 1. The molecule has 0 bridgehead atoms. The molecular weight excluding hydrogens is 176 g/mol. The Hall–Kier alpha value is -0.900. The molecule has 1 aromatic heterocycles. The predicted octanol–water partition coefficient (Wildman–Crippen LogP) is 1.66. The summed E-state index contributed by atoms with van der Waals surface area (Å²) in [7, 11) is 0. The molecule has 2 rings (SSSR count). The zero-order chi connectivity index (χ0) is 10.2. The van der Waals surface area contributed by atoms with Crippen molar-refractivity contribution in [1.29, 1.82) is 0 Å². The van der Waals surface area contributed by atoms with Gasteiger partial charge in [-0.05, 0) is 19.8 Å². The van der Waals surface area contributed by atoms with Gasteiger partial charge in [0.1, 0.15) is 5.82 Å². The van der Waals surface area contributed by atoms with Crippen LogP contribution in [0.4, 0.5) is 0 Å². The monoisotopic (exact) mass is 194 g/mol. The van der Waals surface area contributed by atoms with Crippen molar-refractivity contribution in [2.45, 2.75) is 51.0 Å². The second-order valence-corrected chi connectivity index (χ2v) is 4.60. The molecule has 1 saturated carbocycles. The third-order valence-electron chi connectivity index (χ3n) is 3.18. The fourth-order valence-corrected chi connectivity index (χ4v) is 2.13. The van der Waals surface area contributed by atoms with Crippen LogP contribution in [-0.2, 0) is 5.41 Å². The molecule has 14 heavy (non-hydrogen) atoms. The smallest absolute Gasteiger partial charge is 0.156 e. The summed E-state index contributed by atoms with van der Waals surface area (Å²) in [6.45, 7) is 4.16. The number of nitrogens with zero attached hydrogens (tertiary/aromatic N) is 2. The van der Waals surface area contributed by atoms with Gasteiger partial charge in [0.05, 0.1) is 6.04 Å². The highest BCUT2D eigenvalue weighted by atomic mass is 15.2. The molecule has 3 N–H and O–H groups in total. The molecule has 78 valence electrons. The van der Waals surface area contributed by atoms with Crippen LogP contribution in [0.5, 0.6) is 0 Å². The molecule has 1 atom stereocenters. The Labute approximate surface area is 84.3 Å². The van der Waals surface area contributed by atoms with Crippen molar-refractivity contribution in [3.63, 3.8) is 0 Å². The van der Waals surface area contributed by atoms with E-state index in [-0.39, 0.29) is 11.5 Å². The van der Waals surface area contributed by atoms with Crippen LogP contribution in [0.2, 0.25) is 0 Å². The van der Waals surface area contributed by atoms with Crippen molar-refractivity contribution >= 4 is 0 Å². The number of hydrogen-bond donors (Lipinski definition) is 2. The summed E-state index contributed by atoms with van der Waals surface area (Å²) >= 11 is 0. The first-order valence-electron chi connectivity index (χ1n) is 5.30. The van der Waals surface area contributed by atoms with Crippen LogP contribution in [-0.4, -0.2) is 15.2 Å². The fraction of sp³-hybridized carbons (Fsp3) is 0.800. The van der Waals surface area contributed by atoms with Gasteiger partial charge in [0.25, 0.3) is 0 Å². The van der Waals surface area contributed by atoms with Gasteiger partial charge in [-0.2, -0.15) is 5.10 Å². The summed E-state index contributed by atoms with van der Waals surface area (Å²) in [4.78, 5) is 4.47. The first-order valence-corrected chi connectivity index (χ1v) is 5.30. The Balaban J connectivity index is 2.23. The van der Waals surface area contributed by atoms with Crippen LogP contribution < -0.4 is 5.73 Å². The maximum Gasteiger partial charge on any atom is 0.156 e. The zero-order valence-electron chi connectivity index (χ0n) is 8.88. The summed E-state index contributed by atoms with van der Waals surface area (Å²) in [6, 6.07) is -0.0544. The van der Waals surface area contributed by atoms with Gasteiger partial charge < -0.3 is 5.73 Å². The fourth-order valence-electron chi connectivity index (χ4n) is 2.13. The van der Waals surface area contributed by atoms with E-state index in [1.165, 1.54) is 25.7 Å². The summed E-state index contributed by atoms with van der Waals surface area (Å²) in [5.41, 5.74) is 5.92. The lowest BCUT2D eigenvalue weighted by molar-refractivity contribution is 0.460. The van der Waals surface area contributed by atoms with Crippen LogP contribution >= 0.6 is 0 Å². The molecule has 1 aliphatic carbocycles. The molecule has 0 aliphatic heterocycles. The van der Waals surface area contributed by atoms with Crippen molar-refractivity contribution in [2.75, 3.05) is 0 Å². The molecule has 0 aromatic carbocycles. The average Bonchev–Trinajstić information content (AvgIpc) is 2.71. The van der Waals surface area contributed by atoms with Crippen molar-refractivity contribution in [2.24, 2.45) is 5.73 Å². The lowest BCUT2D eigenvalue weighted by Crippen LogP contribution is -2.19. The maximum atomic E-state index is 5.74. The number of hydrogen-bond acceptors (Lipinski definition) is 3. The Bertz CT molecular complexity index is 310. The SMILES string of the molecule is CC(N)c1nc(C2(C)CCCC2)n[nH]1. The normalized spacial score (nSPS) is 22.5. The van der Waals surface area contributed by atoms with Gasteiger partial charge >= 0.3 is 0 Å². The lowest BCUT2D eigenvalue weighted by atomic mass is 9.88. The molecule has 1 fully saturated rings. The summed E-state index contributed by atoms with van der Waals surface area (Å²) < 4.78 is 0. The highest BCUT2D eigenvalue weighted by Gasteiger charge is 2.34. The Morgan fingerprint density at radius 3 is 2.57 bits per heavy atom. The Kier molecular flexibility index (Phi) is 2.31. The average molecular weight is 194 g/mol. The van der Waals surface area contributed by atoms with Crippen LogP contribution in [0.3, 0.4) is 0 Å². The standard InChI is InChI=1S/C10H18N4/c1-7(11)8-12-9(14-13-8)10(2)5-3-4-6-10/h7H,3-6,11H2,1-2H3,(H,12,13,14). The third-order valence-corrected chi connectivity index (χ3v) is 3.18. The van der Waals surface area contributed by atoms with Gasteiger partial charge in [-0.1, -0.05) is 19.8 Å². The molecule has 0 saturated heterocycles. The highest BCUT2D eigenvalue weighted by molar-refractivity contribution is 5.09. The van der Waals surface area contributed by atoms with Gasteiger partial charge in [-0.3, -0.25) is 5.10 Å². The van der Waals surface area contributed by atoms with Crippen LogP contribution in [0.1, 0.15) is 57.2 Å². The molecule has 0 amide bonds. The molecule has 1 heterocycles. The van der Waals surface area contributed by atoms with Crippen molar-refractivity contribution in [3.8, 4) is 0 Å². The number of nitrogens with one attached hydrogen (secondary N) is 1. The van der Waals surface area contributed by atoms with Crippen molar-refractivity contribution in [1.82, 2.24) is 15.2 Å². The van der Waals surface area contributed by atoms with Gasteiger partial charge in [0.15, 0.2) is 5.82 Å². The number of rotatable bonds is 2. The van der Waals surface area contributed by atoms with Crippen LogP contribution in [0.25, 0.3) is 0 Å². The lowest BCUT2D eigenvalue weighted by Gasteiger charge is -2.18. The van der Waals surface area contributed by atoms with E-state index in [1.807, 2.05) is 6.92 Å². The van der Waals surface area contributed by atoms with Crippen molar-refractivity contribution in [3.05, 3.63) is 11.6 Å². The Morgan fingerprint density at radius 2 is 2.07 bits per heavy atom. The minimum absolute atomic E-state index is 0.0544. The van der Waals surface area contributed by atoms with Gasteiger partial charge in [-0.15, -0.1) is 0 Å². The number of H-pyrrole nitrogens is 1. The largest absolute Gasteiger partial charge is 0.322 e. The van der Waals surface area contributed by atoms with E-state index < -0.39 is 0 Å². The second kappa shape index (κ2) is 3.35. The summed E-state index contributed by atoms with van der Waals surface area (Å²) in [5.74, 6) is 1.75. The molecule has 1 unspecified atom stereocenters. The minimum atomic E-state index is -0.0544. The highest BCUT2D eigenvalue weighted by Crippen LogP contribution is 2.38. The van der Waals surface area contributed by atoms with E-state index >= 15 is 0 Å². The first-order chi connectivity index (χ1) is 6.62. The third kappa shape index (κ3) is 1.54. The topological polar surface area (TPSA) is 67.6 Å². The molecule has 0 spiro atoms. The molecule has 4 nitrogen and oxygen atoms in total. The predicted molar refractivity (Wildman–Crippen MR) is 54.8 cm³/mol. The van der Waals surface area contributed by atoms with E-state index in [0.717, 1.165) is 11.6 Å². The number of aromatic nitrogens is 3. The Morgan fingerprint density at radius 1 is 1.43 bits per heavy atom. The summed E-state index contributed by atoms with van der Waals surface area (Å²) in [5, 5.41) is 7.20. The molecule has 4 heteroatoms. The minimum Gasteiger partial charge on any atom is -0.322 e. The maximum absolute atomic E-state index is 5.74. The van der Waals surface area contributed by atoms with E-state index in [0.29, 0.717) is 0 Å². The van der Waals surface area contributed by atoms with E-state index in [9.17, 15) is 0 Å². The van der Waals surface area contributed by atoms with E-state index in [2.05, 4.69) is 22.1 Å². The molecular formula is C10H18N4. The van der Waals surface area contributed by atoms with Gasteiger partial charge in [0.2, 0.25) is 0 Å². The van der Waals surface area contributed by atoms with Gasteiger partial charge in [0, 0.05) is 5.41 Å². The second-order valence-electron chi connectivity index (χ2n) is 4.60. The first kappa shape index (κ1) is 9.65. The molecule has 1 aliphatic rings.